The predicted molar refractivity (Wildman–Crippen MR) is 124 cm³/mol. The lowest BCUT2D eigenvalue weighted by molar-refractivity contribution is -0.122. The van der Waals surface area contributed by atoms with E-state index in [1.807, 2.05) is 18.2 Å². The summed E-state index contributed by atoms with van der Waals surface area (Å²) in [6, 6.07) is 15.5. The number of aryl methyl sites for hydroxylation is 1. The van der Waals surface area contributed by atoms with E-state index in [2.05, 4.69) is 26.0 Å². The van der Waals surface area contributed by atoms with Crippen LogP contribution < -0.4 is 16.3 Å². The van der Waals surface area contributed by atoms with Crippen molar-refractivity contribution >= 4 is 23.1 Å². The number of carbonyl (C=O) groups is 2. The van der Waals surface area contributed by atoms with Gasteiger partial charge in [0.15, 0.2) is 0 Å². The number of anilines is 1. The van der Waals surface area contributed by atoms with Gasteiger partial charge in [-0.15, -0.1) is 0 Å². The van der Waals surface area contributed by atoms with Gasteiger partial charge in [-0.1, -0.05) is 6.07 Å². The fourth-order valence-electron chi connectivity index (χ4n) is 3.59. The monoisotopic (exact) mass is 472 g/mol. The van der Waals surface area contributed by atoms with Crippen LogP contribution in [0.25, 0.3) is 11.3 Å². The maximum atomic E-state index is 12.9. The number of aromatic nitrogens is 6. The Morgan fingerprint density at radius 1 is 1.03 bits per heavy atom. The van der Waals surface area contributed by atoms with Crippen LogP contribution in [0, 0.1) is 6.92 Å². The number of imidazole rings is 1. The summed E-state index contributed by atoms with van der Waals surface area (Å²) in [6.07, 6.45) is 3.29. The molecule has 0 aliphatic rings. The number of benzene rings is 1. The minimum Gasteiger partial charge on any atom is -0.467 e. The van der Waals surface area contributed by atoms with Gasteiger partial charge in [0.2, 0.25) is 5.91 Å². The number of amides is 2. The molecule has 12 nitrogen and oxygen atoms in total. The molecule has 1 aromatic carbocycles. The largest absolute Gasteiger partial charge is 0.467 e. The lowest BCUT2D eigenvalue weighted by atomic mass is 10.2. The Bertz CT molecular complexity index is 1560. The SMILES string of the molecule is Cc1nc2ccccn2c1C(=O)Nc1ccc(-n2nnn(CC(=O)NCc3ccco3)c2=O)cc1. The second kappa shape index (κ2) is 9.09. The lowest BCUT2D eigenvalue weighted by Gasteiger charge is -2.07. The van der Waals surface area contributed by atoms with Crippen molar-refractivity contribution in [2.24, 2.45) is 0 Å². The summed E-state index contributed by atoms with van der Waals surface area (Å²) in [5, 5.41) is 13.1. The van der Waals surface area contributed by atoms with E-state index in [4.69, 9.17) is 4.42 Å². The van der Waals surface area contributed by atoms with Gasteiger partial charge < -0.3 is 15.1 Å². The van der Waals surface area contributed by atoms with Crippen molar-refractivity contribution < 1.29 is 14.0 Å². The van der Waals surface area contributed by atoms with Crippen LogP contribution in [0.5, 0.6) is 0 Å². The maximum Gasteiger partial charge on any atom is 0.368 e. The molecule has 4 aromatic heterocycles. The second-order valence-electron chi connectivity index (χ2n) is 7.66. The molecule has 4 heterocycles. The smallest absolute Gasteiger partial charge is 0.368 e. The van der Waals surface area contributed by atoms with E-state index in [9.17, 15) is 14.4 Å². The first-order valence-corrected chi connectivity index (χ1v) is 10.7. The maximum absolute atomic E-state index is 12.9. The van der Waals surface area contributed by atoms with Gasteiger partial charge in [-0.3, -0.25) is 14.0 Å². The van der Waals surface area contributed by atoms with Gasteiger partial charge in [0.25, 0.3) is 5.91 Å². The van der Waals surface area contributed by atoms with Crippen molar-refractivity contribution in [3.05, 3.63) is 94.7 Å². The van der Waals surface area contributed by atoms with Crippen molar-refractivity contribution in [1.82, 2.24) is 34.5 Å². The average Bonchev–Trinajstić information content (AvgIpc) is 3.57. The molecule has 2 amide bonds. The van der Waals surface area contributed by atoms with E-state index in [1.54, 1.807) is 53.9 Å². The molecule has 5 rings (SSSR count). The average molecular weight is 472 g/mol. The van der Waals surface area contributed by atoms with Crippen LogP contribution in [-0.4, -0.2) is 41.0 Å². The Morgan fingerprint density at radius 2 is 1.86 bits per heavy atom. The third-order valence-corrected chi connectivity index (χ3v) is 5.26. The first kappa shape index (κ1) is 21.8. The van der Waals surface area contributed by atoms with Crippen LogP contribution in [0.15, 0.2) is 76.3 Å². The van der Waals surface area contributed by atoms with Gasteiger partial charge in [0.05, 0.1) is 24.2 Å². The number of tetrazole rings is 1. The number of hydrogen-bond acceptors (Lipinski definition) is 7. The number of nitrogens with one attached hydrogen (secondary N) is 2. The fourth-order valence-corrected chi connectivity index (χ4v) is 3.59. The summed E-state index contributed by atoms with van der Waals surface area (Å²) in [5.41, 5.74) is 2.12. The standard InChI is InChI=1S/C23H20N8O4/c1-15-21(29-11-3-2-6-19(29)25-15)22(33)26-16-7-9-17(10-8-16)31-23(34)30(27-28-31)14-20(32)24-13-18-5-4-12-35-18/h2-12H,13-14H2,1H3,(H,24,32)(H,26,33). The number of nitrogens with zero attached hydrogens (tertiary/aromatic N) is 6. The van der Waals surface area contributed by atoms with Gasteiger partial charge in [-0.05, 0) is 65.9 Å². The number of furan rings is 1. The van der Waals surface area contributed by atoms with Crippen LogP contribution in [0.3, 0.4) is 0 Å². The van der Waals surface area contributed by atoms with E-state index in [0.717, 1.165) is 9.36 Å². The first-order valence-electron chi connectivity index (χ1n) is 10.7. The Morgan fingerprint density at radius 3 is 2.63 bits per heavy atom. The third kappa shape index (κ3) is 4.44. The molecule has 0 spiro atoms. The number of pyridine rings is 1. The second-order valence-corrected chi connectivity index (χ2v) is 7.66. The number of hydrogen-bond donors (Lipinski definition) is 2. The summed E-state index contributed by atoms with van der Waals surface area (Å²) >= 11 is 0. The molecule has 0 aliphatic heterocycles. The zero-order valence-corrected chi connectivity index (χ0v) is 18.6. The Balaban J connectivity index is 1.26. The minimum atomic E-state index is -0.573. The fraction of sp³-hybridized carbons (Fsp3) is 0.130. The van der Waals surface area contributed by atoms with E-state index in [-0.39, 0.29) is 19.0 Å². The van der Waals surface area contributed by atoms with E-state index < -0.39 is 11.6 Å². The highest BCUT2D eigenvalue weighted by atomic mass is 16.3. The quantitative estimate of drug-likeness (QED) is 0.366. The summed E-state index contributed by atoms with van der Waals surface area (Å²) in [5.74, 6) is -0.118. The van der Waals surface area contributed by atoms with Gasteiger partial charge >= 0.3 is 5.69 Å². The zero-order valence-electron chi connectivity index (χ0n) is 18.6. The van der Waals surface area contributed by atoms with Crippen LogP contribution >= 0.6 is 0 Å². The van der Waals surface area contributed by atoms with Gasteiger partial charge in [-0.25, -0.2) is 9.78 Å². The van der Waals surface area contributed by atoms with E-state index in [1.165, 1.54) is 6.26 Å². The van der Waals surface area contributed by atoms with E-state index in [0.29, 0.717) is 34.2 Å². The van der Waals surface area contributed by atoms with Crippen LogP contribution in [0.1, 0.15) is 21.9 Å². The van der Waals surface area contributed by atoms with Crippen molar-refractivity contribution in [2.75, 3.05) is 5.32 Å². The van der Waals surface area contributed by atoms with Crippen molar-refractivity contribution in [3.8, 4) is 5.69 Å². The molecule has 0 saturated heterocycles. The molecule has 0 aliphatic carbocycles. The molecule has 5 aromatic rings. The molecule has 176 valence electrons. The molecule has 2 N–H and O–H groups in total. The highest BCUT2D eigenvalue weighted by Crippen LogP contribution is 2.16. The summed E-state index contributed by atoms with van der Waals surface area (Å²) in [6.45, 7) is 1.70. The normalized spacial score (nSPS) is 11.0. The highest BCUT2D eigenvalue weighted by Gasteiger charge is 2.17. The Kier molecular flexibility index (Phi) is 5.67. The minimum absolute atomic E-state index is 0.205. The Labute approximate surface area is 197 Å². The van der Waals surface area contributed by atoms with Crippen LogP contribution in [-0.2, 0) is 17.9 Å². The number of rotatable bonds is 7. The molecular weight excluding hydrogens is 452 g/mol. The molecule has 0 saturated carbocycles. The topological polar surface area (TPSA) is 141 Å². The van der Waals surface area contributed by atoms with Gasteiger partial charge in [0.1, 0.15) is 23.6 Å². The van der Waals surface area contributed by atoms with Crippen LogP contribution in [0.2, 0.25) is 0 Å². The van der Waals surface area contributed by atoms with Gasteiger partial charge in [0, 0.05) is 11.9 Å². The summed E-state index contributed by atoms with van der Waals surface area (Å²) in [7, 11) is 0. The molecule has 0 atom stereocenters. The first-order chi connectivity index (χ1) is 17.0. The number of carbonyl (C=O) groups excluding carboxylic acids is 2. The number of fused-ring (bicyclic) bond motifs is 1. The molecule has 12 heteroatoms. The zero-order chi connectivity index (χ0) is 24.4. The Hall–Kier alpha value is -5.00. The molecule has 35 heavy (non-hydrogen) atoms. The summed E-state index contributed by atoms with van der Waals surface area (Å²) in [4.78, 5) is 42.0. The third-order valence-electron chi connectivity index (χ3n) is 5.26. The molecular formula is C23H20N8O4. The highest BCUT2D eigenvalue weighted by molar-refractivity contribution is 6.04. The predicted octanol–water partition coefficient (Wildman–Crippen LogP) is 1.55. The van der Waals surface area contributed by atoms with E-state index >= 15 is 0 Å². The van der Waals surface area contributed by atoms with Crippen LogP contribution in [0.4, 0.5) is 5.69 Å². The molecule has 0 bridgehead atoms. The van der Waals surface area contributed by atoms with Gasteiger partial charge in [-0.2, -0.15) is 9.36 Å². The molecule has 0 unspecified atom stereocenters. The van der Waals surface area contributed by atoms with Crippen molar-refractivity contribution in [1.29, 1.82) is 0 Å². The molecule has 0 radical (unpaired) electrons. The van der Waals surface area contributed by atoms with Crippen molar-refractivity contribution in [3.63, 3.8) is 0 Å². The van der Waals surface area contributed by atoms with Crippen molar-refractivity contribution in [2.45, 2.75) is 20.0 Å². The molecule has 0 fully saturated rings. The lowest BCUT2D eigenvalue weighted by Crippen LogP contribution is -2.33. The summed E-state index contributed by atoms with van der Waals surface area (Å²) < 4.78 is 8.91.